The van der Waals surface area contributed by atoms with E-state index in [1.807, 2.05) is 58.0 Å². The Bertz CT molecular complexity index is 704. The number of rotatable bonds is 7. The molecule has 4 nitrogen and oxygen atoms in total. The van der Waals surface area contributed by atoms with Gasteiger partial charge in [0.25, 0.3) is 0 Å². The summed E-state index contributed by atoms with van der Waals surface area (Å²) in [5.41, 5.74) is 3.84. The zero-order chi connectivity index (χ0) is 18.4. The number of hydrogen-bond acceptors (Lipinski definition) is 3. The van der Waals surface area contributed by atoms with Crippen molar-refractivity contribution in [1.82, 2.24) is 0 Å². The third kappa shape index (κ3) is 5.98. The van der Waals surface area contributed by atoms with Gasteiger partial charge in [-0.05, 0) is 69.2 Å². The number of aryl methyl sites for hydroxylation is 2. The molecule has 2 N–H and O–H groups in total. The number of carbonyl (C=O) groups is 1. The van der Waals surface area contributed by atoms with Crippen molar-refractivity contribution in [3.8, 4) is 5.75 Å². The Kier molecular flexibility index (Phi) is 6.71. The van der Waals surface area contributed by atoms with Crippen LogP contribution < -0.4 is 15.4 Å². The third-order valence-electron chi connectivity index (χ3n) is 3.60. The van der Waals surface area contributed by atoms with E-state index in [4.69, 9.17) is 16.3 Å². The molecule has 2 aromatic carbocycles. The maximum atomic E-state index is 12.1. The van der Waals surface area contributed by atoms with E-state index in [0.717, 1.165) is 28.3 Å². The number of ether oxygens (including phenoxy) is 1. The molecule has 0 radical (unpaired) electrons. The molecule has 0 heterocycles. The summed E-state index contributed by atoms with van der Waals surface area (Å²) in [6.45, 7) is 8.48. The molecule has 0 spiro atoms. The molecule has 0 aromatic heterocycles. The Hall–Kier alpha value is -2.20. The van der Waals surface area contributed by atoms with E-state index >= 15 is 0 Å². The Morgan fingerprint density at radius 1 is 1.16 bits per heavy atom. The summed E-state index contributed by atoms with van der Waals surface area (Å²) in [6.07, 6.45) is 0.483. The first-order chi connectivity index (χ1) is 11.8. The van der Waals surface area contributed by atoms with Crippen LogP contribution in [0, 0.1) is 13.8 Å². The molecule has 0 saturated heterocycles. The van der Waals surface area contributed by atoms with Crippen molar-refractivity contribution in [2.45, 2.75) is 40.2 Å². The van der Waals surface area contributed by atoms with Gasteiger partial charge >= 0.3 is 0 Å². The summed E-state index contributed by atoms with van der Waals surface area (Å²) >= 11 is 6.26. The number of benzene rings is 2. The SMILES string of the molecule is Cc1cc(C)c(NCCC(=O)Nc2ccc(OC(C)C)cc2)c(Cl)c1. The van der Waals surface area contributed by atoms with Crippen molar-refractivity contribution in [2.24, 2.45) is 0 Å². The van der Waals surface area contributed by atoms with Gasteiger partial charge < -0.3 is 15.4 Å². The average Bonchev–Trinajstić information content (AvgIpc) is 2.51. The molecule has 0 aliphatic heterocycles. The smallest absolute Gasteiger partial charge is 0.226 e. The van der Waals surface area contributed by atoms with Gasteiger partial charge in [-0.1, -0.05) is 17.7 Å². The van der Waals surface area contributed by atoms with Gasteiger partial charge in [0.2, 0.25) is 5.91 Å². The van der Waals surface area contributed by atoms with Gasteiger partial charge in [0.15, 0.2) is 0 Å². The van der Waals surface area contributed by atoms with E-state index < -0.39 is 0 Å². The highest BCUT2D eigenvalue weighted by Gasteiger charge is 2.07. The van der Waals surface area contributed by atoms with Crippen LogP contribution in [-0.4, -0.2) is 18.6 Å². The van der Waals surface area contributed by atoms with E-state index in [2.05, 4.69) is 16.7 Å². The van der Waals surface area contributed by atoms with E-state index in [1.54, 1.807) is 0 Å². The van der Waals surface area contributed by atoms with Crippen LogP contribution in [0.4, 0.5) is 11.4 Å². The second-order valence-corrected chi connectivity index (χ2v) is 6.76. The Labute approximate surface area is 154 Å². The lowest BCUT2D eigenvalue weighted by Crippen LogP contribution is -2.16. The van der Waals surface area contributed by atoms with Crippen molar-refractivity contribution < 1.29 is 9.53 Å². The molecule has 0 bridgehead atoms. The molecular weight excluding hydrogens is 336 g/mol. The number of carbonyl (C=O) groups excluding carboxylic acids is 1. The quantitative estimate of drug-likeness (QED) is 0.714. The molecule has 0 fully saturated rings. The lowest BCUT2D eigenvalue weighted by atomic mass is 10.1. The minimum absolute atomic E-state index is 0.0501. The molecule has 2 aromatic rings. The van der Waals surface area contributed by atoms with Crippen LogP contribution in [0.1, 0.15) is 31.4 Å². The number of nitrogens with one attached hydrogen (secondary N) is 2. The lowest BCUT2D eigenvalue weighted by Gasteiger charge is -2.13. The second kappa shape index (κ2) is 8.77. The van der Waals surface area contributed by atoms with Crippen molar-refractivity contribution in [3.05, 3.63) is 52.5 Å². The molecule has 25 heavy (non-hydrogen) atoms. The molecule has 0 aliphatic carbocycles. The molecule has 134 valence electrons. The molecule has 2 rings (SSSR count). The van der Waals surface area contributed by atoms with E-state index in [-0.39, 0.29) is 12.0 Å². The Balaban J connectivity index is 1.83. The predicted octanol–water partition coefficient (Wildman–Crippen LogP) is 5.18. The summed E-state index contributed by atoms with van der Waals surface area (Å²) in [6, 6.07) is 11.4. The van der Waals surface area contributed by atoms with Crippen LogP contribution in [0.15, 0.2) is 36.4 Å². The van der Waals surface area contributed by atoms with Crippen LogP contribution >= 0.6 is 11.6 Å². The van der Waals surface area contributed by atoms with Gasteiger partial charge in [-0.2, -0.15) is 0 Å². The molecular formula is C20H25ClN2O2. The topological polar surface area (TPSA) is 50.4 Å². The Morgan fingerprint density at radius 2 is 1.84 bits per heavy atom. The number of anilines is 2. The molecule has 0 saturated carbocycles. The normalized spacial score (nSPS) is 10.6. The van der Waals surface area contributed by atoms with Crippen LogP contribution in [0.3, 0.4) is 0 Å². The fourth-order valence-corrected chi connectivity index (χ4v) is 2.94. The second-order valence-electron chi connectivity index (χ2n) is 6.35. The van der Waals surface area contributed by atoms with Gasteiger partial charge in [0.1, 0.15) is 5.75 Å². The summed E-state index contributed by atoms with van der Waals surface area (Å²) in [5.74, 6) is 0.741. The summed E-state index contributed by atoms with van der Waals surface area (Å²) in [7, 11) is 0. The van der Waals surface area contributed by atoms with Crippen LogP contribution in [0.2, 0.25) is 5.02 Å². The van der Waals surface area contributed by atoms with Gasteiger partial charge in [-0.25, -0.2) is 0 Å². The van der Waals surface area contributed by atoms with Gasteiger partial charge in [0.05, 0.1) is 16.8 Å². The van der Waals surface area contributed by atoms with Gasteiger partial charge in [-0.3, -0.25) is 4.79 Å². The van der Waals surface area contributed by atoms with Crippen LogP contribution in [0.5, 0.6) is 5.75 Å². The summed E-state index contributed by atoms with van der Waals surface area (Å²) in [4.78, 5) is 12.1. The van der Waals surface area contributed by atoms with Crippen LogP contribution in [-0.2, 0) is 4.79 Å². The fourth-order valence-electron chi connectivity index (χ4n) is 2.55. The lowest BCUT2D eigenvalue weighted by molar-refractivity contribution is -0.115. The summed E-state index contributed by atoms with van der Waals surface area (Å²) in [5, 5.41) is 6.80. The fraction of sp³-hybridized carbons (Fsp3) is 0.350. The maximum absolute atomic E-state index is 12.1. The van der Waals surface area contributed by atoms with Crippen molar-refractivity contribution >= 4 is 28.9 Å². The molecule has 5 heteroatoms. The first-order valence-electron chi connectivity index (χ1n) is 8.42. The average molecular weight is 361 g/mol. The van der Waals surface area contributed by atoms with Crippen LogP contribution in [0.25, 0.3) is 0 Å². The van der Waals surface area contributed by atoms with Crippen molar-refractivity contribution in [3.63, 3.8) is 0 Å². The molecule has 0 unspecified atom stereocenters. The third-order valence-corrected chi connectivity index (χ3v) is 3.89. The highest BCUT2D eigenvalue weighted by molar-refractivity contribution is 6.33. The first kappa shape index (κ1) is 19.1. The molecule has 1 amide bonds. The van der Waals surface area contributed by atoms with Gasteiger partial charge in [0, 0.05) is 18.7 Å². The van der Waals surface area contributed by atoms with Crippen molar-refractivity contribution in [1.29, 1.82) is 0 Å². The number of amides is 1. The van der Waals surface area contributed by atoms with Gasteiger partial charge in [-0.15, -0.1) is 0 Å². The summed E-state index contributed by atoms with van der Waals surface area (Å²) < 4.78 is 5.58. The highest BCUT2D eigenvalue weighted by Crippen LogP contribution is 2.27. The largest absolute Gasteiger partial charge is 0.491 e. The molecule has 0 atom stereocenters. The maximum Gasteiger partial charge on any atom is 0.226 e. The zero-order valence-corrected chi connectivity index (χ0v) is 15.9. The van der Waals surface area contributed by atoms with E-state index in [9.17, 15) is 4.79 Å². The minimum atomic E-state index is -0.0501. The monoisotopic (exact) mass is 360 g/mol. The standard InChI is InChI=1S/C20H25ClN2O2/c1-13(2)25-17-7-5-16(6-8-17)23-19(24)9-10-22-20-15(4)11-14(3)12-18(20)21/h5-8,11-13,22H,9-10H2,1-4H3,(H,23,24). The number of hydrogen-bond donors (Lipinski definition) is 2. The van der Waals surface area contributed by atoms with E-state index in [1.165, 1.54) is 0 Å². The molecule has 0 aliphatic rings. The minimum Gasteiger partial charge on any atom is -0.491 e. The zero-order valence-electron chi connectivity index (χ0n) is 15.2. The Morgan fingerprint density at radius 3 is 2.44 bits per heavy atom. The highest BCUT2D eigenvalue weighted by atomic mass is 35.5. The predicted molar refractivity (Wildman–Crippen MR) is 105 cm³/mol. The van der Waals surface area contributed by atoms with E-state index in [0.29, 0.717) is 18.0 Å². The number of halogens is 1. The first-order valence-corrected chi connectivity index (χ1v) is 8.80. The van der Waals surface area contributed by atoms with Crippen molar-refractivity contribution in [2.75, 3.05) is 17.2 Å².